The Morgan fingerprint density at radius 2 is 2.23 bits per heavy atom. The summed E-state index contributed by atoms with van der Waals surface area (Å²) in [6.45, 7) is 0. The van der Waals surface area contributed by atoms with E-state index in [2.05, 4.69) is 11.1 Å². The van der Waals surface area contributed by atoms with Gasteiger partial charge in [0.05, 0.1) is 35.4 Å². The molecule has 1 aliphatic rings. The minimum Gasteiger partial charge on any atom is -0.335 e. The van der Waals surface area contributed by atoms with E-state index in [-0.39, 0.29) is 11.9 Å². The Kier molecular flexibility index (Phi) is 2.91. The zero-order valence-corrected chi connectivity index (χ0v) is 12.3. The first-order valence-corrected chi connectivity index (χ1v) is 7.39. The Hall–Kier alpha value is -2.38. The summed E-state index contributed by atoms with van der Waals surface area (Å²) >= 11 is 6.02. The van der Waals surface area contributed by atoms with Gasteiger partial charge in [-0.3, -0.25) is 0 Å². The lowest BCUT2D eigenvalue weighted by Gasteiger charge is -2.27. The first-order chi connectivity index (χ1) is 10.7. The van der Waals surface area contributed by atoms with Crippen molar-refractivity contribution in [3.8, 4) is 17.5 Å². The Labute approximate surface area is 131 Å². The summed E-state index contributed by atoms with van der Waals surface area (Å²) in [5.41, 5.74) is 3.43. The number of hydrogen-bond acceptors (Lipinski definition) is 2. The van der Waals surface area contributed by atoms with Crippen LogP contribution in [-0.4, -0.2) is 9.55 Å². The third-order valence-corrected chi connectivity index (χ3v) is 4.38. The van der Waals surface area contributed by atoms with Gasteiger partial charge in [-0.1, -0.05) is 23.7 Å². The molecule has 1 atom stereocenters. The first kappa shape index (κ1) is 13.3. The van der Waals surface area contributed by atoms with Gasteiger partial charge in [0.1, 0.15) is 11.0 Å². The number of halogens is 2. The van der Waals surface area contributed by atoms with Crippen molar-refractivity contribution < 1.29 is 4.39 Å². The van der Waals surface area contributed by atoms with Crippen LogP contribution in [0.3, 0.4) is 0 Å². The third-order valence-electron chi connectivity index (χ3n) is 4.17. The van der Waals surface area contributed by atoms with Gasteiger partial charge in [0.15, 0.2) is 0 Å². The van der Waals surface area contributed by atoms with Crippen molar-refractivity contribution in [3.05, 3.63) is 52.9 Å². The average Bonchev–Trinajstić information content (AvgIpc) is 2.90. The van der Waals surface area contributed by atoms with E-state index < -0.39 is 0 Å². The van der Waals surface area contributed by atoms with Gasteiger partial charge in [0, 0.05) is 5.39 Å². The predicted octanol–water partition coefficient (Wildman–Crippen LogP) is 4.51. The van der Waals surface area contributed by atoms with Crippen LogP contribution < -0.4 is 0 Å². The molecule has 0 saturated carbocycles. The zero-order chi connectivity index (χ0) is 15.3. The van der Waals surface area contributed by atoms with Crippen molar-refractivity contribution in [2.24, 2.45) is 0 Å². The molecule has 0 aliphatic carbocycles. The van der Waals surface area contributed by atoms with Crippen molar-refractivity contribution in [1.82, 2.24) is 9.55 Å². The molecule has 1 unspecified atom stereocenters. The van der Waals surface area contributed by atoms with Crippen LogP contribution in [0.4, 0.5) is 4.39 Å². The summed E-state index contributed by atoms with van der Waals surface area (Å²) in [4.78, 5) is 4.41. The molecule has 3 nitrogen and oxygen atoms in total. The normalized spacial score (nSPS) is 16.1. The van der Waals surface area contributed by atoms with Gasteiger partial charge in [-0.25, -0.2) is 9.37 Å². The van der Waals surface area contributed by atoms with Crippen LogP contribution in [0.15, 0.2) is 36.4 Å². The van der Waals surface area contributed by atoms with Gasteiger partial charge in [0.25, 0.3) is 0 Å². The Morgan fingerprint density at radius 3 is 3.05 bits per heavy atom. The molecule has 22 heavy (non-hydrogen) atoms. The molecular formula is C17H11ClFN3. The molecule has 0 bridgehead atoms. The summed E-state index contributed by atoms with van der Waals surface area (Å²) in [6, 6.07) is 12.7. The first-order valence-electron chi connectivity index (χ1n) is 7.01. The van der Waals surface area contributed by atoms with E-state index in [1.54, 1.807) is 18.2 Å². The van der Waals surface area contributed by atoms with Crippen molar-refractivity contribution in [2.45, 2.75) is 18.9 Å². The molecule has 4 rings (SSSR count). The van der Waals surface area contributed by atoms with E-state index in [1.807, 2.05) is 16.7 Å². The molecule has 108 valence electrons. The molecule has 0 radical (unpaired) electrons. The monoisotopic (exact) mass is 311 g/mol. The maximum Gasteiger partial charge on any atom is 0.132 e. The number of nitriles is 1. The molecular weight excluding hydrogens is 301 g/mol. The molecule has 3 heterocycles. The summed E-state index contributed by atoms with van der Waals surface area (Å²) in [7, 11) is 0. The maximum absolute atomic E-state index is 14.1. The number of nitrogens with zero attached hydrogens (tertiary/aromatic N) is 3. The van der Waals surface area contributed by atoms with Crippen LogP contribution in [-0.2, 0) is 6.42 Å². The molecule has 1 aromatic carbocycles. The summed E-state index contributed by atoms with van der Waals surface area (Å²) in [6.07, 6.45) is 1.07. The smallest absolute Gasteiger partial charge is 0.132 e. The van der Waals surface area contributed by atoms with Gasteiger partial charge in [-0.2, -0.15) is 5.26 Å². The van der Waals surface area contributed by atoms with Crippen molar-refractivity contribution in [1.29, 1.82) is 5.26 Å². The number of fused-ring (bicyclic) bond motifs is 5. The molecule has 0 fully saturated rings. The summed E-state index contributed by atoms with van der Waals surface area (Å²) < 4.78 is 16.1. The average molecular weight is 312 g/mol. The number of rotatable bonds is 1. The largest absolute Gasteiger partial charge is 0.335 e. The molecule has 2 aromatic heterocycles. The highest BCUT2D eigenvalue weighted by atomic mass is 35.5. The topological polar surface area (TPSA) is 41.6 Å². The standard InChI is InChI=1S/C17H11ClFN3/c18-16-5-4-10-8-11(6-7-20)22-14-3-1-2-13(19)12(14)9-15(22)17(10)21-16/h1-5,9,11H,6,8H2. The number of benzene rings is 1. The van der Waals surface area contributed by atoms with Crippen molar-refractivity contribution in [3.63, 3.8) is 0 Å². The summed E-state index contributed by atoms with van der Waals surface area (Å²) in [5, 5.41) is 10.1. The Balaban J connectivity index is 2.08. The fourth-order valence-corrected chi connectivity index (χ4v) is 3.40. The highest BCUT2D eigenvalue weighted by Gasteiger charge is 2.28. The maximum atomic E-state index is 14.1. The van der Waals surface area contributed by atoms with Crippen LogP contribution in [0, 0.1) is 17.1 Å². The summed E-state index contributed by atoms with van der Waals surface area (Å²) in [5.74, 6) is -0.265. The van der Waals surface area contributed by atoms with Gasteiger partial charge in [-0.05, 0) is 36.2 Å². The lowest BCUT2D eigenvalue weighted by Crippen LogP contribution is -2.18. The van der Waals surface area contributed by atoms with Crippen LogP contribution in [0.2, 0.25) is 5.15 Å². The Morgan fingerprint density at radius 1 is 1.36 bits per heavy atom. The molecule has 0 saturated heterocycles. The number of aromatic nitrogens is 2. The molecule has 0 N–H and O–H groups in total. The van der Waals surface area contributed by atoms with E-state index in [9.17, 15) is 4.39 Å². The SMILES string of the molecule is N#CCC1Cc2ccc(Cl)nc2-c2cc3c(F)cccc3n21. The van der Waals surface area contributed by atoms with E-state index in [0.29, 0.717) is 23.4 Å². The third kappa shape index (κ3) is 1.83. The fourth-order valence-electron chi connectivity index (χ4n) is 3.26. The molecule has 5 heteroatoms. The zero-order valence-electron chi connectivity index (χ0n) is 11.6. The molecule has 0 spiro atoms. The fraction of sp³-hybridized carbons (Fsp3) is 0.176. The lowest BCUT2D eigenvalue weighted by molar-refractivity contribution is 0.515. The second-order valence-electron chi connectivity index (χ2n) is 5.43. The second kappa shape index (κ2) is 4.82. The van der Waals surface area contributed by atoms with Gasteiger partial charge in [0.2, 0.25) is 0 Å². The van der Waals surface area contributed by atoms with Crippen LogP contribution in [0.5, 0.6) is 0 Å². The van der Waals surface area contributed by atoms with Gasteiger partial charge >= 0.3 is 0 Å². The van der Waals surface area contributed by atoms with Crippen molar-refractivity contribution >= 4 is 22.5 Å². The Bertz CT molecular complexity index is 939. The van der Waals surface area contributed by atoms with Crippen LogP contribution in [0.25, 0.3) is 22.3 Å². The van der Waals surface area contributed by atoms with Crippen LogP contribution in [0.1, 0.15) is 18.0 Å². The molecule has 1 aliphatic heterocycles. The van der Waals surface area contributed by atoms with E-state index in [4.69, 9.17) is 16.9 Å². The second-order valence-corrected chi connectivity index (χ2v) is 5.82. The predicted molar refractivity (Wildman–Crippen MR) is 83.1 cm³/mol. The van der Waals surface area contributed by atoms with E-state index in [0.717, 1.165) is 22.5 Å². The van der Waals surface area contributed by atoms with Gasteiger partial charge in [-0.15, -0.1) is 0 Å². The number of hydrogen-bond donors (Lipinski definition) is 0. The van der Waals surface area contributed by atoms with E-state index >= 15 is 0 Å². The highest BCUT2D eigenvalue weighted by Crippen LogP contribution is 2.40. The minimum absolute atomic E-state index is 0.0187. The van der Waals surface area contributed by atoms with E-state index in [1.165, 1.54) is 6.07 Å². The minimum atomic E-state index is -0.265. The molecule has 3 aromatic rings. The van der Waals surface area contributed by atoms with Crippen molar-refractivity contribution in [2.75, 3.05) is 0 Å². The number of pyridine rings is 1. The highest BCUT2D eigenvalue weighted by molar-refractivity contribution is 6.29. The van der Waals surface area contributed by atoms with Crippen LogP contribution >= 0.6 is 11.6 Å². The van der Waals surface area contributed by atoms with Gasteiger partial charge < -0.3 is 4.57 Å². The lowest BCUT2D eigenvalue weighted by atomic mass is 9.96. The molecule has 0 amide bonds. The quantitative estimate of drug-likeness (QED) is 0.621.